The molecule has 5 atom stereocenters. The van der Waals surface area contributed by atoms with Gasteiger partial charge in [-0.05, 0) is 73.5 Å². The molecule has 0 aromatic heterocycles. The van der Waals surface area contributed by atoms with E-state index in [0.29, 0.717) is 24.9 Å². The van der Waals surface area contributed by atoms with Gasteiger partial charge in [-0.2, -0.15) is 0 Å². The molecular formula is C22H29N3O2. The first-order valence-corrected chi connectivity index (χ1v) is 10.6. The smallest absolute Gasteiger partial charge is 0.315 e. The molecule has 1 aliphatic heterocycles. The molecule has 0 unspecified atom stereocenters. The van der Waals surface area contributed by atoms with Crippen molar-refractivity contribution in [1.82, 2.24) is 10.6 Å². The minimum Gasteiger partial charge on any atom is -0.335 e. The van der Waals surface area contributed by atoms with Gasteiger partial charge in [-0.15, -0.1) is 0 Å². The zero-order valence-corrected chi connectivity index (χ0v) is 15.8. The molecule has 0 spiro atoms. The highest BCUT2D eigenvalue weighted by Gasteiger charge is 2.54. The zero-order valence-electron chi connectivity index (χ0n) is 15.8. The molecule has 27 heavy (non-hydrogen) atoms. The van der Waals surface area contributed by atoms with Crippen LogP contribution in [0, 0.1) is 23.7 Å². The molecule has 1 heterocycles. The molecule has 0 radical (unpaired) electrons. The number of nitrogens with one attached hydrogen (secondary N) is 2. The summed E-state index contributed by atoms with van der Waals surface area (Å²) < 4.78 is 0. The Labute approximate surface area is 160 Å². The summed E-state index contributed by atoms with van der Waals surface area (Å²) in [7, 11) is 0. The second-order valence-corrected chi connectivity index (χ2v) is 8.90. The van der Waals surface area contributed by atoms with Crippen LogP contribution in [-0.2, 0) is 11.3 Å². The molecule has 2 N–H and O–H groups in total. The summed E-state index contributed by atoms with van der Waals surface area (Å²) in [6.07, 6.45) is 8.28. The van der Waals surface area contributed by atoms with Crippen LogP contribution in [-0.4, -0.2) is 24.5 Å². The van der Waals surface area contributed by atoms with Crippen molar-refractivity contribution in [3.8, 4) is 0 Å². The Morgan fingerprint density at radius 1 is 1.04 bits per heavy atom. The molecule has 2 bridgehead atoms. The minimum absolute atomic E-state index is 0.0408. The number of urea groups is 1. The lowest BCUT2D eigenvalue weighted by Crippen LogP contribution is -2.46. The number of amides is 3. The van der Waals surface area contributed by atoms with Crippen LogP contribution in [0.25, 0.3) is 0 Å². The van der Waals surface area contributed by atoms with Gasteiger partial charge in [0.15, 0.2) is 0 Å². The van der Waals surface area contributed by atoms with Crippen LogP contribution in [0.3, 0.4) is 0 Å². The van der Waals surface area contributed by atoms with Crippen molar-refractivity contribution >= 4 is 17.6 Å². The quantitative estimate of drug-likeness (QED) is 0.856. The topological polar surface area (TPSA) is 61.4 Å². The number of carbonyl (C=O) groups is 2. The van der Waals surface area contributed by atoms with Gasteiger partial charge >= 0.3 is 6.03 Å². The van der Waals surface area contributed by atoms with Gasteiger partial charge in [0.1, 0.15) is 0 Å². The molecule has 5 heteroatoms. The average molecular weight is 367 g/mol. The zero-order chi connectivity index (χ0) is 18.4. The van der Waals surface area contributed by atoms with Crippen molar-refractivity contribution in [3.63, 3.8) is 0 Å². The first-order valence-electron chi connectivity index (χ1n) is 10.6. The van der Waals surface area contributed by atoms with Gasteiger partial charge in [0.05, 0.1) is 0 Å². The molecule has 1 saturated heterocycles. The Balaban J connectivity index is 1.12. The Kier molecular flexibility index (Phi) is 4.33. The van der Waals surface area contributed by atoms with Crippen LogP contribution < -0.4 is 15.5 Å². The maximum atomic E-state index is 12.4. The summed E-state index contributed by atoms with van der Waals surface area (Å²) >= 11 is 0. The maximum absolute atomic E-state index is 12.4. The average Bonchev–Trinajstić information content (AvgIpc) is 3.42. The molecular weight excluding hydrogens is 338 g/mol. The summed E-state index contributed by atoms with van der Waals surface area (Å²) in [5, 5.41) is 6.26. The summed E-state index contributed by atoms with van der Waals surface area (Å²) in [6, 6.07) is 8.30. The maximum Gasteiger partial charge on any atom is 0.315 e. The molecule has 5 rings (SSSR count). The lowest BCUT2D eigenvalue weighted by atomic mass is 9.79. The minimum atomic E-state index is -0.0408. The van der Waals surface area contributed by atoms with Gasteiger partial charge in [0.25, 0.3) is 0 Å². The second kappa shape index (κ2) is 6.84. The highest BCUT2D eigenvalue weighted by atomic mass is 16.2. The predicted molar refractivity (Wildman–Crippen MR) is 104 cm³/mol. The highest BCUT2D eigenvalue weighted by Crippen LogP contribution is 2.58. The van der Waals surface area contributed by atoms with E-state index in [1.807, 2.05) is 29.2 Å². The number of fused-ring (bicyclic) bond motifs is 5. The monoisotopic (exact) mass is 367 g/mol. The Hall–Kier alpha value is -2.04. The van der Waals surface area contributed by atoms with Crippen molar-refractivity contribution in [2.75, 3.05) is 11.4 Å². The number of carbonyl (C=O) groups excluding carboxylic acids is 2. The number of nitrogens with zero attached hydrogens (tertiary/aromatic N) is 1. The Bertz CT molecular complexity index is 732. The van der Waals surface area contributed by atoms with E-state index in [0.717, 1.165) is 42.0 Å². The van der Waals surface area contributed by atoms with Gasteiger partial charge in [0.2, 0.25) is 5.91 Å². The first kappa shape index (κ1) is 17.1. The van der Waals surface area contributed by atoms with E-state index in [1.165, 1.54) is 32.1 Å². The normalized spacial score (nSPS) is 34.1. The summed E-state index contributed by atoms with van der Waals surface area (Å²) in [6.45, 7) is 1.33. The molecule has 1 aromatic rings. The lowest BCUT2D eigenvalue weighted by molar-refractivity contribution is -0.117. The SMILES string of the molecule is O=C(NCc1ccc(N2CCCC2=O)cc1)N[C@@H]1C[C@H]2C[C@H]1[C@@H]1CCC[C@@H]21. The van der Waals surface area contributed by atoms with Gasteiger partial charge in [-0.25, -0.2) is 4.79 Å². The van der Waals surface area contributed by atoms with Crippen LogP contribution >= 0.6 is 0 Å². The van der Waals surface area contributed by atoms with Gasteiger partial charge in [-0.1, -0.05) is 18.6 Å². The highest BCUT2D eigenvalue weighted by molar-refractivity contribution is 5.95. The number of hydrogen-bond donors (Lipinski definition) is 2. The van der Waals surface area contributed by atoms with Crippen LogP contribution in [0.15, 0.2) is 24.3 Å². The largest absolute Gasteiger partial charge is 0.335 e. The third-order valence-corrected chi connectivity index (χ3v) is 7.52. The van der Waals surface area contributed by atoms with E-state index in [-0.39, 0.29) is 11.9 Å². The van der Waals surface area contributed by atoms with Crippen molar-refractivity contribution < 1.29 is 9.59 Å². The molecule has 3 saturated carbocycles. The van der Waals surface area contributed by atoms with Crippen LogP contribution in [0.5, 0.6) is 0 Å². The van der Waals surface area contributed by atoms with E-state index in [4.69, 9.17) is 0 Å². The fourth-order valence-corrected chi connectivity index (χ4v) is 6.35. The van der Waals surface area contributed by atoms with Crippen molar-refractivity contribution in [1.29, 1.82) is 0 Å². The van der Waals surface area contributed by atoms with E-state index < -0.39 is 0 Å². The van der Waals surface area contributed by atoms with Gasteiger partial charge in [0, 0.05) is 31.2 Å². The summed E-state index contributed by atoms with van der Waals surface area (Å²) in [5.41, 5.74) is 2.02. The molecule has 4 fully saturated rings. The fourth-order valence-electron chi connectivity index (χ4n) is 6.35. The lowest BCUT2D eigenvalue weighted by Gasteiger charge is -2.32. The van der Waals surface area contributed by atoms with Gasteiger partial charge in [-0.3, -0.25) is 4.79 Å². The molecule has 3 aliphatic carbocycles. The summed E-state index contributed by atoms with van der Waals surface area (Å²) in [4.78, 5) is 26.1. The number of anilines is 1. The number of rotatable bonds is 4. The molecule has 1 aromatic carbocycles. The standard InChI is InChI=1S/C22H29N3O2/c26-21-5-2-10-25(21)16-8-6-14(7-9-16)13-23-22(27)24-20-12-15-11-19(20)18-4-1-3-17(15)18/h6-9,15,17-20H,1-5,10-13H2,(H2,23,24,27)/t15-,17+,18-,19+,20-/m1/s1. The number of hydrogen-bond acceptors (Lipinski definition) is 2. The predicted octanol–water partition coefficient (Wildman–Crippen LogP) is 3.44. The second-order valence-electron chi connectivity index (χ2n) is 8.90. The van der Waals surface area contributed by atoms with Crippen LogP contribution in [0.2, 0.25) is 0 Å². The van der Waals surface area contributed by atoms with E-state index in [2.05, 4.69) is 10.6 Å². The van der Waals surface area contributed by atoms with Crippen molar-refractivity contribution in [3.05, 3.63) is 29.8 Å². The molecule has 144 valence electrons. The fraction of sp³-hybridized carbons (Fsp3) is 0.636. The van der Waals surface area contributed by atoms with E-state index in [9.17, 15) is 9.59 Å². The van der Waals surface area contributed by atoms with Crippen molar-refractivity contribution in [2.45, 2.75) is 57.5 Å². The number of benzene rings is 1. The third kappa shape index (κ3) is 3.11. The molecule has 4 aliphatic rings. The Morgan fingerprint density at radius 2 is 1.85 bits per heavy atom. The Morgan fingerprint density at radius 3 is 2.63 bits per heavy atom. The summed E-state index contributed by atoms with van der Waals surface area (Å²) in [5.74, 6) is 3.60. The van der Waals surface area contributed by atoms with E-state index in [1.54, 1.807) is 0 Å². The van der Waals surface area contributed by atoms with Gasteiger partial charge < -0.3 is 15.5 Å². The van der Waals surface area contributed by atoms with Crippen LogP contribution in [0.1, 0.15) is 50.5 Å². The molecule has 3 amide bonds. The van der Waals surface area contributed by atoms with Crippen molar-refractivity contribution in [2.24, 2.45) is 23.7 Å². The molecule has 5 nitrogen and oxygen atoms in total. The van der Waals surface area contributed by atoms with E-state index >= 15 is 0 Å². The van der Waals surface area contributed by atoms with Crippen LogP contribution in [0.4, 0.5) is 10.5 Å². The first-order chi connectivity index (χ1) is 13.2. The third-order valence-electron chi connectivity index (χ3n) is 7.52.